The van der Waals surface area contributed by atoms with E-state index in [2.05, 4.69) is 22.7 Å². The third-order valence-corrected chi connectivity index (χ3v) is 5.69. The Hall–Kier alpha value is -3.86. The molecule has 0 aliphatic carbocycles. The highest BCUT2D eigenvalue weighted by Crippen LogP contribution is 2.19. The Morgan fingerprint density at radius 2 is 1.85 bits per heavy atom. The molecule has 214 valence electrons. The number of benzene rings is 1. The molecule has 0 saturated carbocycles. The molecule has 1 aromatic rings. The molecule has 11 nitrogen and oxygen atoms in total. The molecule has 0 aromatic heterocycles. The Labute approximate surface area is 229 Å². The fourth-order valence-electron chi connectivity index (χ4n) is 3.91. The van der Waals surface area contributed by atoms with Crippen LogP contribution in [0.4, 0.5) is 14.4 Å². The van der Waals surface area contributed by atoms with E-state index in [0.29, 0.717) is 13.0 Å². The maximum atomic E-state index is 12.9. The first-order chi connectivity index (χ1) is 18.5. The van der Waals surface area contributed by atoms with Gasteiger partial charge in [0.25, 0.3) is 0 Å². The third kappa shape index (κ3) is 11.6. The second-order valence-corrected chi connectivity index (χ2v) is 10.2. The maximum absolute atomic E-state index is 12.9. The summed E-state index contributed by atoms with van der Waals surface area (Å²) in [6.07, 6.45) is 3.44. The quantitative estimate of drug-likeness (QED) is 0.183. The van der Waals surface area contributed by atoms with E-state index >= 15 is 0 Å². The molecule has 0 unspecified atom stereocenters. The number of carbonyl (C=O) groups is 4. The van der Waals surface area contributed by atoms with Crippen LogP contribution in [-0.2, 0) is 25.6 Å². The number of hydrogen-bond donors (Lipinski definition) is 3. The number of hydrogen-bond acceptors (Lipinski definition) is 8. The SMILES string of the molecule is C=CCOC(=O)N[C@@H](CC(C)C)C(=O)CC(C)(C)OC(=O)NNC[C@@H]1C=CCN1C(=O)OCc1ccccc1. The Balaban J connectivity index is 1.79. The molecule has 1 aliphatic rings. The van der Waals surface area contributed by atoms with Gasteiger partial charge in [-0.15, -0.1) is 0 Å². The molecule has 2 atom stereocenters. The second-order valence-electron chi connectivity index (χ2n) is 10.2. The number of carbonyl (C=O) groups excluding carboxylic acids is 4. The molecule has 3 amide bonds. The molecule has 2 rings (SSSR count). The first kappa shape index (κ1) is 31.4. The zero-order valence-corrected chi connectivity index (χ0v) is 23.1. The van der Waals surface area contributed by atoms with Gasteiger partial charge in [-0.25, -0.2) is 19.8 Å². The number of nitrogens with one attached hydrogen (secondary N) is 3. The van der Waals surface area contributed by atoms with Crippen molar-refractivity contribution in [2.45, 2.75) is 64.8 Å². The van der Waals surface area contributed by atoms with Gasteiger partial charge in [0.1, 0.15) is 18.8 Å². The summed E-state index contributed by atoms with van der Waals surface area (Å²) in [7, 11) is 0. The van der Waals surface area contributed by atoms with Crippen LogP contribution in [0.1, 0.15) is 46.1 Å². The van der Waals surface area contributed by atoms with Crippen LogP contribution in [0.3, 0.4) is 0 Å². The van der Waals surface area contributed by atoms with Gasteiger partial charge < -0.3 is 19.5 Å². The summed E-state index contributed by atoms with van der Waals surface area (Å²) < 4.78 is 15.8. The van der Waals surface area contributed by atoms with E-state index in [1.165, 1.54) is 11.0 Å². The lowest BCUT2D eigenvalue weighted by Crippen LogP contribution is -2.49. The van der Waals surface area contributed by atoms with Crippen molar-refractivity contribution in [3.63, 3.8) is 0 Å². The summed E-state index contributed by atoms with van der Waals surface area (Å²) in [6, 6.07) is 8.27. The summed E-state index contributed by atoms with van der Waals surface area (Å²) >= 11 is 0. The second kappa shape index (κ2) is 15.5. The minimum absolute atomic E-state index is 0.0273. The van der Waals surface area contributed by atoms with E-state index in [-0.39, 0.29) is 43.9 Å². The first-order valence-electron chi connectivity index (χ1n) is 12.9. The van der Waals surface area contributed by atoms with Crippen LogP contribution in [0, 0.1) is 5.92 Å². The van der Waals surface area contributed by atoms with Crippen LogP contribution >= 0.6 is 0 Å². The Morgan fingerprint density at radius 1 is 1.13 bits per heavy atom. The average Bonchev–Trinajstić information content (AvgIpc) is 3.34. The van der Waals surface area contributed by atoms with Gasteiger partial charge in [-0.05, 0) is 31.7 Å². The van der Waals surface area contributed by atoms with E-state index in [1.54, 1.807) is 13.8 Å². The van der Waals surface area contributed by atoms with E-state index in [0.717, 1.165) is 5.56 Å². The first-order valence-corrected chi connectivity index (χ1v) is 12.9. The Bertz CT molecular complexity index is 1010. The molecule has 11 heteroatoms. The van der Waals surface area contributed by atoms with E-state index in [1.807, 2.05) is 56.3 Å². The maximum Gasteiger partial charge on any atom is 0.422 e. The lowest BCUT2D eigenvalue weighted by molar-refractivity contribution is -0.125. The standard InChI is InChI=1S/C28H40N4O7/c1-6-15-37-25(34)30-23(16-20(2)3)24(33)17-28(4,5)39-26(35)31-29-18-22-13-10-14-32(22)27(36)38-19-21-11-8-7-9-12-21/h6-13,20,22-23,29H,1,14-19H2,2-5H3,(H,30,34)(H,31,35)/t22-,23-/m0/s1. The molecule has 0 saturated heterocycles. The van der Waals surface area contributed by atoms with Crippen LogP contribution in [0.25, 0.3) is 0 Å². The highest BCUT2D eigenvalue weighted by molar-refractivity contribution is 5.88. The van der Waals surface area contributed by atoms with Crippen molar-refractivity contribution in [1.82, 2.24) is 21.1 Å². The predicted octanol–water partition coefficient (Wildman–Crippen LogP) is 3.86. The lowest BCUT2D eigenvalue weighted by Gasteiger charge is -2.28. The predicted molar refractivity (Wildman–Crippen MR) is 146 cm³/mol. The third-order valence-electron chi connectivity index (χ3n) is 5.69. The Morgan fingerprint density at radius 3 is 2.51 bits per heavy atom. The molecule has 0 fully saturated rings. The minimum Gasteiger partial charge on any atom is -0.445 e. The van der Waals surface area contributed by atoms with E-state index in [9.17, 15) is 19.2 Å². The molecular weight excluding hydrogens is 504 g/mol. The van der Waals surface area contributed by atoms with Crippen molar-refractivity contribution in [2.75, 3.05) is 19.7 Å². The van der Waals surface area contributed by atoms with Crippen LogP contribution in [0.5, 0.6) is 0 Å². The highest BCUT2D eigenvalue weighted by Gasteiger charge is 2.32. The van der Waals surface area contributed by atoms with Crippen molar-refractivity contribution in [2.24, 2.45) is 5.92 Å². The summed E-state index contributed by atoms with van der Waals surface area (Å²) in [5, 5.41) is 2.58. The van der Waals surface area contributed by atoms with E-state index in [4.69, 9.17) is 14.2 Å². The number of hydrazine groups is 1. The number of alkyl carbamates (subject to hydrolysis) is 1. The van der Waals surface area contributed by atoms with Gasteiger partial charge in [-0.1, -0.05) is 69.0 Å². The van der Waals surface area contributed by atoms with Crippen molar-refractivity contribution in [3.05, 3.63) is 60.7 Å². The van der Waals surface area contributed by atoms with Gasteiger partial charge in [0.2, 0.25) is 0 Å². The van der Waals surface area contributed by atoms with Gasteiger partial charge in [0.05, 0.1) is 12.1 Å². The number of rotatable bonds is 14. The van der Waals surface area contributed by atoms with Crippen LogP contribution in [-0.4, -0.2) is 66.3 Å². The fourth-order valence-corrected chi connectivity index (χ4v) is 3.91. The molecule has 1 aliphatic heterocycles. The monoisotopic (exact) mass is 544 g/mol. The topological polar surface area (TPSA) is 135 Å². The summed E-state index contributed by atoms with van der Waals surface area (Å²) in [5.41, 5.74) is 4.94. The number of Topliss-reactive ketones (excluding diaryl/α,β-unsaturated/α-hetero) is 1. The summed E-state index contributed by atoms with van der Waals surface area (Å²) in [5.74, 6) is -0.152. The van der Waals surface area contributed by atoms with Crippen LogP contribution < -0.4 is 16.2 Å². The largest absolute Gasteiger partial charge is 0.445 e. The molecule has 39 heavy (non-hydrogen) atoms. The van der Waals surface area contributed by atoms with Crippen LogP contribution in [0.2, 0.25) is 0 Å². The number of ether oxygens (including phenoxy) is 3. The highest BCUT2D eigenvalue weighted by atomic mass is 16.6. The molecule has 0 spiro atoms. The zero-order chi connectivity index (χ0) is 28.8. The van der Waals surface area contributed by atoms with Gasteiger partial charge in [0.15, 0.2) is 5.78 Å². The van der Waals surface area contributed by atoms with Crippen molar-refractivity contribution >= 4 is 24.1 Å². The number of nitrogens with zero attached hydrogens (tertiary/aromatic N) is 1. The molecular formula is C28H40N4O7. The Kier molecular flexibility index (Phi) is 12.5. The summed E-state index contributed by atoms with van der Waals surface area (Å²) in [4.78, 5) is 51.4. The summed E-state index contributed by atoms with van der Waals surface area (Å²) in [6.45, 7) is 11.4. The van der Waals surface area contributed by atoms with Gasteiger partial charge >= 0.3 is 18.3 Å². The van der Waals surface area contributed by atoms with Gasteiger partial charge in [-0.3, -0.25) is 15.1 Å². The van der Waals surface area contributed by atoms with Crippen molar-refractivity contribution in [1.29, 1.82) is 0 Å². The molecule has 1 aromatic carbocycles. The molecule has 0 bridgehead atoms. The van der Waals surface area contributed by atoms with E-state index < -0.39 is 29.9 Å². The smallest absolute Gasteiger partial charge is 0.422 e. The molecule has 1 heterocycles. The van der Waals surface area contributed by atoms with Crippen molar-refractivity contribution in [3.8, 4) is 0 Å². The minimum atomic E-state index is -1.15. The normalized spacial score (nSPS) is 15.4. The number of ketones is 1. The number of amides is 3. The van der Waals surface area contributed by atoms with Crippen molar-refractivity contribution < 1.29 is 33.4 Å². The average molecular weight is 545 g/mol. The lowest BCUT2D eigenvalue weighted by atomic mass is 9.93. The van der Waals surface area contributed by atoms with Crippen LogP contribution in [0.15, 0.2) is 55.1 Å². The van der Waals surface area contributed by atoms with Gasteiger partial charge in [0, 0.05) is 19.5 Å². The fraction of sp³-hybridized carbons (Fsp3) is 0.500. The molecule has 0 radical (unpaired) electrons. The van der Waals surface area contributed by atoms with Gasteiger partial charge in [-0.2, -0.15) is 0 Å². The zero-order valence-electron chi connectivity index (χ0n) is 23.1. The molecule has 3 N–H and O–H groups in total.